The van der Waals surface area contributed by atoms with Crippen LogP contribution in [0.2, 0.25) is 0 Å². The lowest BCUT2D eigenvalue weighted by atomic mass is 10.2. The highest BCUT2D eigenvalue weighted by atomic mass is 16.5. The van der Waals surface area contributed by atoms with E-state index in [0.717, 1.165) is 31.9 Å². The van der Waals surface area contributed by atoms with Crippen LogP contribution in [0.4, 0.5) is 0 Å². The molecule has 3 rings (SSSR count). The van der Waals surface area contributed by atoms with Crippen LogP contribution in [0.3, 0.4) is 0 Å². The van der Waals surface area contributed by atoms with Gasteiger partial charge in [0.2, 0.25) is 11.8 Å². The molecular weight excluding hydrogens is 362 g/mol. The minimum absolute atomic E-state index is 0.0135. The van der Waals surface area contributed by atoms with Crippen molar-refractivity contribution in [3.05, 3.63) is 48.2 Å². The summed E-state index contributed by atoms with van der Waals surface area (Å²) in [4.78, 5) is 25.4. The van der Waals surface area contributed by atoms with E-state index < -0.39 is 5.97 Å². The normalized spacial score (nSPS) is 15.1. The van der Waals surface area contributed by atoms with E-state index in [9.17, 15) is 4.79 Å². The van der Waals surface area contributed by atoms with E-state index in [4.69, 9.17) is 19.4 Å². The van der Waals surface area contributed by atoms with Gasteiger partial charge in [0.05, 0.1) is 13.2 Å². The van der Waals surface area contributed by atoms with E-state index in [0.29, 0.717) is 23.9 Å². The number of methoxy groups -OCH3 is 1. The molecule has 0 aliphatic carbocycles. The smallest absolute Gasteiger partial charge is 0.300 e. The Morgan fingerprint density at radius 1 is 1.25 bits per heavy atom. The van der Waals surface area contributed by atoms with Crippen molar-refractivity contribution in [1.29, 1.82) is 0 Å². The molecule has 0 radical (unpaired) electrons. The summed E-state index contributed by atoms with van der Waals surface area (Å²) in [5, 5.41) is 13.5. The lowest BCUT2D eigenvalue weighted by Gasteiger charge is -2.14. The summed E-state index contributed by atoms with van der Waals surface area (Å²) in [5.41, 5.74) is 0.815. The van der Waals surface area contributed by atoms with Gasteiger partial charge in [-0.3, -0.25) is 9.59 Å². The zero-order chi connectivity index (χ0) is 20.4. The molecule has 1 amide bonds. The number of rotatable bonds is 6. The number of carboxylic acids is 1. The molecule has 1 aromatic carbocycles. The SMILES string of the molecule is CC(=O)O.COc1ccccc1Oc1ncccc1CNC(=O)[C@H]1CCCN1. The first kappa shape index (κ1) is 21.2. The Hall–Kier alpha value is -3.13. The van der Waals surface area contributed by atoms with E-state index in [-0.39, 0.29) is 11.9 Å². The molecule has 1 aliphatic heterocycles. The lowest BCUT2D eigenvalue weighted by molar-refractivity contribution is -0.134. The fraction of sp³-hybridized carbons (Fsp3) is 0.350. The van der Waals surface area contributed by atoms with E-state index in [1.807, 2.05) is 36.4 Å². The summed E-state index contributed by atoms with van der Waals surface area (Å²) >= 11 is 0. The van der Waals surface area contributed by atoms with Crippen molar-refractivity contribution < 1.29 is 24.2 Å². The number of nitrogens with zero attached hydrogens (tertiary/aromatic N) is 1. The number of carbonyl (C=O) groups excluding carboxylic acids is 1. The number of aromatic nitrogens is 1. The van der Waals surface area contributed by atoms with Crippen molar-refractivity contribution >= 4 is 11.9 Å². The summed E-state index contributed by atoms with van der Waals surface area (Å²) in [6.45, 7) is 2.35. The molecule has 28 heavy (non-hydrogen) atoms. The van der Waals surface area contributed by atoms with E-state index >= 15 is 0 Å². The zero-order valence-electron chi connectivity index (χ0n) is 16.0. The first-order chi connectivity index (χ1) is 13.5. The van der Waals surface area contributed by atoms with Crippen LogP contribution in [-0.4, -0.2) is 41.7 Å². The summed E-state index contributed by atoms with van der Waals surface area (Å²) in [5.74, 6) is 0.860. The predicted molar refractivity (Wildman–Crippen MR) is 103 cm³/mol. The van der Waals surface area contributed by atoms with Gasteiger partial charge in [0.25, 0.3) is 5.97 Å². The Morgan fingerprint density at radius 3 is 2.61 bits per heavy atom. The predicted octanol–water partition coefficient (Wildman–Crippen LogP) is 2.34. The molecule has 0 spiro atoms. The topological polar surface area (TPSA) is 110 Å². The fourth-order valence-corrected chi connectivity index (χ4v) is 2.67. The van der Waals surface area contributed by atoms with Gasteiger partial charge in [-0.2, -0.15) is 0 Å². The third-order valence-corrected chi connectivity index (χ3v) is 3.96. The van der Waals surface area contributed by atoms with Gasteiger partial charge >= 0.3 is 0 Å². The Morgan fingerprint density at radius 2 is 1.96 bits per heavy atom. The van der Waals surface area contributed by atoms with Crippen LogP contribution in [-0.2, 0) is 16.1 Å². The second kappa shape index (κ2) is 10.9. The van der Waals surface area contributed by atoms with Gasteiger partial charge in [-0.1, -0.05) is 18.2 Å². The van der Waals surface area contributed by atoms with Crippen molar-refractivity contribution in [2.24, 2.45) is 0 Å². The molecule has 1 aromatic heterocycles. The quantitative estimate of drug-likeness (QED) is 0.698. The van der Waals surface area contributed by atoms with Crippen LogP contribution in [0.1, 0.15) is 25.3 Å². The van der Waals surface area contributed by atoms with Crippen LogP contribution < -0.4 is 20.1 Å². The summed E-state index contributed by atoms with van der Waals surface area (Å²) < 4.78 is 11.2. The number of carboxylic acid groups (broad SMARTS) is 1. The number of hydrogen-bond acceptors (Lipinski definition) is 6. The van der Waals surface area contributed by atoms with Gasteiger partial charge in [0.1, 0.15) is 0 Å². The van der Waals surface area contributed by atoms with Crippen molar-refractivity contribution in [2.75, 3.05) is 13.7 Å². The number of para-hydroxylation sites is 2. The van der Waals surface area contributed by atoms with E-state index in [2.05, 4.69) is 15.6 Å². The third-order valence-electron chi connectivity index (χ3n) is 3.96. The van der Waals surface area contributed by atoms with E-state index in [1.165, 1.54) is 0 Å². The van der Waals surface area contributed by atoms with E-state index in [1.54, 1.807) is 13.3 Å². The number of pyridine rings is 1. The second-order valence-corrected chi connectivity index (χ2v) is 6.11. The minimum atomic E-state index is -0.833. The highest BCUT2D eigenvalue weighted by molar-refractivity contribution is 5.82. The lowest BCUT2D eigenvalue weighted by Crippen LogP contribution is -2.40. The molecule has 1 aliphatic rings. The summed E-state index contributed by atoms with van der Waals surface area (Å²) in [6.07, 6.45) is 3.57. The number of nitrogens with one attached hydrogen (secondary N) is 2. The largest absolute Gasteiger partial charge is 0.493 e. The molecule has 2 aromatic rings. The van der Waals surface area contributed by atoms with Crippen LogP contribution >= 0.6 is 0 Å². The van der Waals surface area contributed by atoms with Crippen molar-refractivity contribution in [3.63, 3.8) is 0 Å². The maximum atomic E-state index is 12.1. The second-order valence-electron chi connectivity index (χ2n) is 6.11. The monoisotopic (exact) mass is 387 g/mol. The molecule has 0 bridgehead atoms. The summed E-state index contributed by atoms with van der Waals surface area (Å²) in [7, 11) is 1.59. The van der Waals surface area contributed by atoms with Gasteiger partial charge in [-0.15, -0.1) is 0 Å². The van der Waals surface area contributed by atoms with Crippen LogP contribution in [0, 0.1) is 0 Å². The van der Waals surface area contributed by atoms with Crippen molar-refractivity contribution in [1.82, 2.24) is 15.6 Å². The Labute approximate surface area is 163 Å². The highest BCUT2D eigenvalue weighted by Gasteiger charge is 2.22. The molecule has 3 N–H and O–H groups in total. The van der Waals surface area contributed by atoms with Crippen molar-refractivity contribution in [2.45, 2.75) is 32.4 Å². The first-order valence-corrected chi connectivity index (χ1v) is 8.96. The molecule has 8 nitrogen and oxygen atoms in total. The maximum Gasteiger partial charge on any atom is 0.300 e. The van der Waals surface area contributed by atoms with Gasteiger partial charge < -0.3 is 25.2 Å². The van der Waals surface area contributed by atoms with Gasteiger partial charge in [0, 0.05) is 25.2 Å². The Kier molecular flexibility index (Phi) is 8.23. The van der Waals surface area contributed by atoms with Crippen LogP contribution in [0.5, 0.6) is 17.4 Å². The molecule has 1 fully saturated rings. The zero-order valence-corrected chi connectivity index (χ0v) is 16.0. The molecule has 8 heteroatoms. The molecule has 0 unspecified atom stereocenters. The average molecular weight is 387 g/mol. The van der Waals surface area contributed by atoms with Crippen LogP contribution in [0.25, 0.3) is 0 Å². The van der Waals surface area contributed by atoms with Crippen molar-refractivity contribution in [3.8, 4) is 17.4 Å². The Balaban J connectivity index is 0.000000640. The number of ether oxygens (including phenoxy) is 2. The molecular formula is C20H25N3O5. The van der Waals surface area contributed by atoms with Crippen LogP contribution in [0.15, 0.2) is 42.6 Å². The van der Waals surface area contributed by atoms with Gasteiger partial charge in [0.15, 0.2) is 11.5 Å². The fourth-order valence-electron chi connectivity index (χ4n) is 2.67. The molecule has 150 valence electrons. The molecule has 0 saturated carbocycles. The highest BCUT2D eigenvalue weighted by Crippen LogP contribution is 2.31. The number of carbonyl (C=O) groups is 2. The number of amides is 1. The third kappa shape index (κ3) is 6.55. The molecule has 1 atom stereocenters. The number of hydrogen-bond donors (Lipinski definition) is 3. The molecule has 1 saturated heterocycles. The van der Waals surface area contributed by atoms with Gasteiger partial charge in [-0.05, 0) is 37.6 Å². The first-order valence-electron chi connectivity index (χ1n) is 8.96. The standard InChI is InChI=1S/C18H21N3O3.C2H4O2/c1-23-15-8-2-3-9-16(15)24-18-13(6-4-11-20-18)12-21-17(22)14-7-5-10-19-14;1-2(3)4/h2-4,6,8-9,11,14,19H,5,7,10,12H2,1H3,(H,21,22);1H3,(H,3,4)/t14-;/m1./s1. The maximum absolute atomic E-state index is 12.1. The average Bonchev–Trinajstić information content (AvgIpc) is 3.22. The summed E-state index contributed by atoms with van der Waals surface area (Å²) in [6, 6.07) is 11.0. The van der Waals surface area contributed by atoms with Gasteiger partial charge in [-0.25, -0.2) is 4.98 Å². The number of benzene rings is 1. The Bertz CT molecular complexity index is 787. The number of aliphatic carboxylic acids is 1. The minimum Gasteiger partial charge on any atom is -0.493 e. The molecule has 2 heterocycles.